The number of amides is 2. The number of aryl methyl sites for hydroxylation is 1. The SMILES string of the molecule is Cc1nn2c(-c3cccc(N4C(=O)c5ccccc5C4=O)c3)ccnc2c1-c1ccccc1. The van der Waals surface area contributed by atoms with Gasteiger partial charge in [0.05, 0.1) is 28.2 Å². The Kier molecular flexibility index (Phi) is 4.20. The van der Waals surface area contributed by atoms with Crippen LogP contribution in [0.5, 0.6) is 0 Å². The van der Waals surface area contributed by atoms with Gasteiger partial charge in [0.25, 0.3) is 11.8 Å². The van der Waals surface area contributed by atoms with Crippen molar-refractivity contribution in [2.75, 3.05) is 4.90 Å². The Balaban J connectivity index is 1.48. The van der Waals surface area contributed by atoms with Crippen molar-refractivity contribution in [2.24, 2.45) is 0 Å². The standard InChI is InChI=1S/C27H18N4O2/c1-17-24(18-8-3-2-4-9-18)25-28-15-14-23(31(25)29-17)19-10-7-11-20(16-19)30-26(32)21-12-5-6-13-22(21)27(30)33/h2-16H,1H3. The Bertz CT molecular complexity index is 1540. The zero-order valence-corrected chi connectivity index (χ0v) is 17.8. The molecule has 158 valence electrons. The van der Waals surface area contributed by atoms with Gasteiger partial charge in [0.2, 0.25) is 0 Å². The topological polar surface area (TPSA) is 67.6 Å². The summed E-state index contributed by atoms with van der Waals surface area (Å²) >= 11 is 0. The summed E-state index contributed by atoms with van der Waals surface area (Å²) in [6.07, 6.45) is 1.76. The van der Waals surface area contributed by atoms with Crippen molar-refractivity contribution in [2.45, 2.75) is 6.92 Å². The van der Waals surface area contributed by atoms with Crippen LogP contribution in [0.3, 0.4) is 0 Å². The van der Waals surface area contributed by atoms with Gasteiger partial charge < -0.3 is 0 Å². The molecule has 0 bridgehead atoms. The van der Waals surface area contributed by atoms with Crippen LogP contribution in [0.4, 0.5) is 5.69 Å². The number of hydrogen-bond acceptors (Lipinski definition) is 4. The second kappa shape index (κ2) is 7.24. The number of nitrogens with zero attached hydrogens (tertiary/aromatic N) is 4. The molecule has 2 amide bonds. The maximum absolute atomic E-state index is 13.0. The highest BCUT2D eigenvalue weighted by atomic mass is 16.2. The van der Waals surface area contributed by atoms with Crippen molar-refractivity contribution in [3.8, 4) is 22.4 Å². The summed E-state index contributed by atoms with van der Waals surface area (Å²) in [7, 11) is 0. The van der Waals surface area contributed by atoms with Crippen molar-refractivity contribution in [3.63, 3.8) is 0 Å². The Morgan fingerprint density at radius 3 is 2.12 bits per heavy atom. The van der Waals surface area contributed by atoms with Crippen molar-refractivity contribution in [3.05, 3.63) is 108 Å². The number of rotatable bonds is 3. The molecular weight excluding hydrogens is 412 g/mol. The highest BCUT2D eigenvalue weighted by molar-refractivity contribution is 6.34. The lowest BCUT2D eigenvalue weighted by Crippen LogP contribution is -2.29. The Labute approximate surface area is 189 Å². The minimum absolute atomic E-state index is 0.311. The number of fused-ring (bicyclic) bond motifs is 2. The molecule has 0 saturated carbocycles. The van der Waals surface area contributed by atoms with E-state index in [0.29, 0.717) is 16.8 Å². The molecule has 0 unspecified atom stereocenters. The first kappa shape index (κ1) is 19.1. The van der Waals surface area contributed by atoms with Gasteiger partial charge in [-0.1, -0.05) is 54.6 Å². The van der Waals surface area contributed by atoms with E-state index in [-0.39, 0.29) is 11.8 Å². The molecule has 5 aromatic rings. The van der Waals surface area contributed by atoms with Crippen molar-refractivity contribution < 1.29 is 9.59 Å². The van der Waals surface area contributed by atoms with Gasteiger partial charge in [-0.3, -0.25) is 9.59 Å². The number of carbonyl (C=O) groups excluding carboxylic acids is 2. The Morgan fingerprint density at radius 1 is 0.727 bits per heavy atom. The van der Waals surface area contributed by atoms with Gasteiger partial charge in [0.15, 0.2) is 5.65 Å². The van der Waals surface area contributed by atoms with E-state index >= 15 is 0 Å². The lowest BCUT2D eigenvalue weighted by molar-refractivity contribution is 0.0926. The second-order valence-electron chi connectivity index (χ2n) is 7.93. The quantitative estimate of drug-likeness (QED) is 0.370. The summed E-state index contributed by atoms with van der Waals surface area (Å²) in [5, 5.41) is 4.76. The third-order valence-electron chi connectivity index (χ3n) is 5.95. The van der Waals surface area contributed by atoms with Gasteiger partial charge in [-0.2, -0.15) is 5.10 Å². The minimum atomic E-state index is -0.311. The lowest BCUT2D eigenvalue weighted by atomic mass is 10.1. The number of hydrogen-bond donors (Lipinski definition) is 0. The molecule has 1 aliphatic rings. The van der Waals surface area contributed by atoms with Crippen LogP contribution in [-0.4, -0.2) is 26.4 Å². The number of aromatic nitrogens is 3. The summed E-state index contributed by atoms with van der Waals surface area (Å²) in [5.41, 5.74) is 6.69. The van der Waals surface area contributed by atoms with Crippen molar-refractivity contribution >= 4 is 23.1 Å². The predicted octanol–water partition coefficient (Wildman–Crippen LogP) is 5.17. The molecule has 0 aliphatic carbocycles. The first-order valence-electron chi connectivity index (χ1n) is 10.6. The molecule has 0 radical (unpaired) electrons. The first-order valence-corrected chi connectivity index (χ1v) is 10.6. The molecule has 0 saturated heterocycles. The molecule has 0 atom stereocenters. The van der Waals surface area contributed by atoms with E-state index in [4.69, 9.17) is 5.10 Å². The highest BCUT2D eigenvalue weighted by Crippen LogP contribution is 2.33. The summed E-state index contributed by atoms with van der Waals surface area (Å²) in [4.78, 5) is 31.7. The van der Waals surface area contributed by atoms with Crippen LogP contribution in [0.1, 0.15) is 26.4 Å². The molecule has 0 N–H and O–H groups in total. The third-order valence-corrected chi connectivity index (χ3v) is 5.95. The normalized spacial score (nSPS) is 13.1. The summed E-state index contributed by atoms with van der Waals surface area (Å²) in [6.45, 7) is 1.97. The minimum Gasteiger partial charge on any atom is -0.268 e. The largest absolute Gasteiger partial charge is 0.268 e. The molecule has 3 aromatic carbocycles. The molecule has 0 spiro atoms. The third kappa shape index (κ3) is 2.88. The van der Waals surface area contributed by atoms with E-state index in [9.17, 15) is 9.59 Å². The fourth-order valence-corrected chi connectivity index (χ4v) is 4.44. The van der Waals surface area contributed by atoms with Crippen LogP contribution >= 0.6 is 0 Å². The highest BCUT2D eigenvalue weighted by Gasteiger charge is 2.36. The van der Waals surface area contributed by atoms with Gasteiger partial charge >= 0.3 is 0 Å². The van der Waals surface area contributed by atoms with Crippen LogP contribution in [0, 0.1) is 6.92 Å². The van der Waals surface area contributed by atoms with Crippen LogP contribution < -0.4 is 4.90 Å². The van der Waals surface area contributed by atoms with Gasteiger partial charge in [-0.25, -0.2) is 14.4 Å². The average molecular weight is 430 g/mol. The van der Waals surface area contributed by atoms with E-state index in [1.54, 1.807) is 36.5 Å². The van der Waals surface area contributed by atoms with Gasteiger partial charge in [0.1, 0.15) is 0 Å². The smallest absolute Gasteiger partial charge is 0.266 e. The zero-order valence-electron chi connectivity index (χ0n) is 17.8. The van der Waals surface area contributed by atoms with E-state index < -0.39 is 0 Å². The van der Waals surface area contributed by atoms with Crippen LogP contribution in [-0.2, 0) is 0 Å². The molecule has 33 heavy (non-hydrogen) atoms. The molecule has 3 heterocycles. The second-order valence-corrected chi connectivity index (χ2v) is 7.93. The van der Waals surface area contributed by atoms with E-state index in [0.717, 1.165) is 33.7 Å². The molecule has 6 nitrogen and oxygen atoms in total. The number of benzene rings is 3. The maximum atomic E-state index is 13.0. The number of anilines is 1. The summed E-state index contributed by atoms with van der Waals surface area (Å²) in [6, 6.07) is 26.2. The van der Waals surface area contributed by atoms with Crippen LogP contribution in [0.25, 0.3) is 28.0 Å². The number of carbonyl (C=O) groups is 2. The monoisotopic (exact) mass is 430 g/mol. The summed E-state index contributed by atoms with van der Waals surface area (Å²) < 4.78 is 1.82. The maximum Gasteiger partial charge on any atom is 0.266 e. The predicted molar refractivity (Wildman–Crippen MR) is 126 cm³/mol. The van der Waals surface area contributed by atoms with Crippen molar-refractivity contribution in [1.82, 2.24) is 14.6 Å². The first-order chi connectivity index (χ1) is 16.1. The molecule has 1 aliphatic heterocycles. The van der Waals surface area contributed by atoms with E-state index in [2.05, 4.69) is 4.98 Å². The molecule has 6 heteroatoms. The van der Waals surface area contributed by atoms with Gasteiger partial charge in [-0.15, -0.1) is 0 Å². The van der Waals surface area contributed by atoms with Crippen LogP contribution in [0.2, 0.25) is 0 Å². The Morgan fingerprint density at radius 2 is 1.39 bits per heavy atom. The van der Waals surface area contributed by atoms with Gasteiger partial charge in [-0.05, 0) is 42.8 Å². The average Bonchev–Trinajstić information content (AvgIpc) is 3.32. The fourth-order valence-electron chi connectivity index (χ4n) is 4.44. The molecule has 6 rings (SSSR count). The van der Waals surface area contributed by atoms with E-state index in [1.807, 2.05) is 66.0 Å². The molecule has 0 fully saturated rings. The Hall–Kier alpha value is -4.58. The summed E-state index contributed by atoms with van der Waals surface area (Å²) in [5.74, 6) is -0.622. The fraction of sp³-hybridized carbons (Fsp3) is 0.0370. The molecular formula is C27H18N4O2. The number of imide groups is 1. The lowest BCUT2D eigenvalue weighted by Gasteiger charge is -2.15. The van der Waals surface area contributed by atoms with E-state index in [1.165, 1.54) is 4.90 Å². The zero-order chi connectivity index (χ0) is 22.5. The van der Waals surface area contributed by atoms with Crippen molar-refractivity contribution in [1.29, 1.82) is 0 Å². The van der Waals surface area contributed by atoms with Gasteiger partial charge in [0, 0.05) is 17.3 Å². The van der Waals surface area contributed by atoms with Crippen LogP contribution in [0.15, 0.2) is 91.1 Å². The molecule has 2 aromatic heterocycles.